The van der Waals surface area contributed by atoms with Gasteiger partial charge < -0.3 is 14.8 Å². The molecule has 8 nitrogen and oxygen atoms in total. The smallest absolute Gasteiger partial charge is 0.311 e. The molecule has 148 valence electrons. The van der Waals surface area contributed by atoms with Crippen molar-refractivity contribution >= 4 is 11.6 Å². The van der Waals surface area contributed by atoms with Gasteiger partial charge in [-0.2, -0.15) is 0 Å². The predicted octanol–water partition coefficient (Wildman–Crippen LogP) is 2.41. The molecule has 0 aromatic heterocycles. The second kappa shape index (κ2) is 9.29. The van der Waals surface area contributed by atoms with E-state index in [-0.39, 0.29) is 28.9 Å². The number of benzene rings is 2. The molecule has 1 fully saturated rings. The Morgan fingerprint density at radius 3 is 2.61 bits per heavy atom. The molecule has 1 aliphatic rings. The molecule has 1 N–H and O–H groups in total. The summed E-state index contributed by atoms with van der Waals surface area (Å²) in [4.78, 5) is 25.7. The number of nitrogens with one attached hydrogen (secondary N) is 1. The van der Waals surface area contributed by atoms with Crippen LogP contribution in [0.2, 0.25) is 0 Å². The number of rotatable bonds is 7. The number of ether oxygens (including phenoxy) is 2. The molecule has 1 saturated heterocycles. The van der Waals surface area contributed by atoms with E-state index in [9.17, 15) is 14.9 Å². The molecular formula is C20H23N3O5. The Kier molecular flexibility index (Phi) is 6.57. The van der Waals surface area contributed by atoms with Gasteiger partial charge in [-0.3, -0.25) is 19.8 Å². The van der Waals surface area contributed by atoms with Crippen LogP contribution in [0.25, 0.3) is 0 Å². The molecule has 3 rings (SSSR count). The van der Waals surface area contributed by atoms with E-state index in [1.165, 1.54) is 25.3 Å². The minimum atomic E-state index is -0.558. The van der Waals surface area contributed by atoms with Crippen LogP contribution in [-0.4, -0.2) is 55.7 Å². The van der Waals surface area contributed by atoms with Crippen molar-refractivity contribution in [3.8, 4) is 5.75 Å². The lowest BCUT2D eigenvalue weighted by atomic mass is 10.0. The van der Waals surface area contributed by atoms with Gasteiger partial charge in [0.15, 0.2) is 5.75 Å². The summed E-state index contributed by atoms with van der Waals surface area (Å²) in [6.07, 6.45) is 0. The highest BCUT2D eigenvalue weighted by Gasteiger charge is 2.23. The standard InChI is InChI=1S/C20H23N3O5/c1-27-19-8-7-16(13-18(19)23(25)26)20(24)21-17(15-5-3-2-4-6-15)14-22-9-11-28-12-10-22/h2-8,13,17H,9-12,14H2,1H3,(H,21,24)/t17-/m0/s1. The first-order valence-corrected chi connectivity index (χ1v) is 9.07. The number of carbonyl (C=O) groups is 1. The zero-order valence-corrected chi connectivity index (χ0v) is 15.7. The Hall–Kier alpha value is -2.97. The van der Waals surface area contributed by atoms with E-state index in [2.05, 4.69) is 10.2 Å². The van der Waals surface area contributed by atoms with Crippen LogP contribution in [0, 0.1) is 10.1 Å². The minimum absolute atomic E-state index is 0.120. The second-order valence-electron chi connectivity index (χ2n) is 6.49. The normalized spacial score (nSPS) is 15.6. The lowest BCUT2D eigenvalue weighted by Crippen LogP contribution is -2.43. The van der Waals surface area contributed by atoms with E-state index in [4.69, 9.17) is 9.47 Å². The highest BCUT2D eigenvalue weighted by molar-refractivity contribution is 5.95. The van der Waals surface area contributed by atoms with E-state index < -0.39 is 4.92 Å². The zero-order valence-electron chi connectivity index (χ0n) is 15.7. The summed E-state index contributed by atoms with van der Waals surface area (Å²) in [5.41, 5.74) is 0.959. The summed E-state index contributed by atoms with van der Waals surface area (Å²) in [6.45, 7) is 3.57. The molecule has 2 aromatic rings. The molecule has 0 aliphatic carbocycles. The SMILES string of the molecule is COc1ccc(C(=O)N[C@@H](CN2CCOCC2)c2ccccc2)cc1[N+](=O)[O-]. The number of nitrogens with zero attached hydrogens (tertiary/aromatic N) is 2. The molecule has 2 aromatic carbocycles. The van der Waals surface area contributed by atoms with Crippen LogP contribution in [0.3, 0.4) is 0 Å². The summed E-state index contributed by atoms with van der Waals surface area (Å²) in [5.74, 6) is -0.248. The highest BCUT2D eigenvalue weighted by Crippen LogP contribution is 2.28. The molecule has 0 unspecified atom stereocenters. The third-order valence-corrected chi connectivity index (χ3v) is 4.69. The van der Waals surface area contributed by atoms with Crippen LogP contribution in [0.5, 0.6) is 5.75 Å². The molecule has 1 heterocycles. The predicted molar refractivity (Wildman–Crippen MR) is 104 cm³/mol. The Bertz CT molecular complexity index is 822. The zero-order chi connectivity index (χ0) is 19.9. The van der Waals surface area contributed by atoms with Crippen LogP contribution in [0.4, 0.5) is 5.69 Å². The maximum absolute atomic E-state index is 12.8. The lowest BCUT2D eigenvalue weighted by Gasteiger charge is -2.31. The van der Waals surface area contributed by atoms with Crippen LogP contribution >= 0.6 is 0 Å². The third-order valence-electron chi connectivity index (χ3n) is 4.69. The number of hydrogen-bond acceptors (Lipinski definition) is 6. The molecule has 1 aliphatic heterocycles. The molecule has 28 heavy (non-hydrogen) atoms. The fraction of sp³-hybridized carbons (Fsp3) is 0.350. The number of carbonyl (C=O) groups excluding carboxylic acids is 1. The number of nitro benzene ring substituents is 1. The number of nitro groups is 1. The van der Waals surface area contributed by atoms with Crippen LogP contribution in [0.1, 0.15) is 22.0 Å². The van der Waals surface area contributed by atoms with Gasteiger partial charge in [-0.15, -0.1) is 0 Å². The van der Waals surface area contributed by atoms with Gasteiger partial charge in [0.2, 0.25) is 0 Å². The van der Waals surface area contributed by atoms with Gasteiger partial charge in [-0.1, -0.05) is 30.3 Å². The molecular weight excluding hydrogens is 362 g/mol. The van der Waals surface area contributed by atoms with Crippen molar-refractivity contribution in [2.75, 3.05) is 40.0 Å². The van der Waals surface area contributed by atoms with Gasteiger partial charge in [0.1, 0.15) is 0 Å². The Morgan fingerprint density at radius 1 is 1.25 bits per heavy atom. The van der Waals surface area contributed by atoms with Crippen molar-refractivity contribution in [3.63, 3.8) is 0 Å². The quantitative estimate of drug-likeness (QED) is 0.581. The average molecular weight is 385 g/mol. The van der Waals surface area contributed by atoms with Crippen LogP contribution < -0.4 is 10.1 Å². The monoisotopic (exact) mass is 385 g/mol. The first-order chi connectivity index (χ1) is 13.6. The van der Waals surface area contributed by atoms with Crippen LogP contribution in [0.15, 0.2) is 48.5 Å². The Balaban J connectivity index is 1.80. The van der Waals surface area contributed by atoms with Gasteiger partial charge in [-0.05, 0) is 17.7 Å². The summed E-state index contributed by atoms with van der Waals surface area (Å²) >= 11 is 0. The summed E-state index contributed by atoms with van der Waals surface area (Å²) in [7, 11) is 1.36. The van der Waals surface area contributed by atoms with E-state index in [1.807, 2.05) is 30.3 Å². The van der Waals surface area contributed by atoms with Crippen molar-refractivity contribution in [3.05, 3.63) is 69.8 Å². The summed E-state index contributed by atoms with van der Waals surface area (Å²) in [6, 6.07) is 13.6. The van der Waals surface area contributed by atoms with Gasteiger partial charge in [0.25, 0.3) is 5.91 Å². The van der Waals surface area contributed by atoms with Gasteiger partial charge in [0.05, 0.1) is 31.3 Å². The Morgan fingerprint density at radius 2 is 1.96 bits per heavy atom. The molecule has 0 spiro atoms. The summed E-state index contributed by atoms with van der Waals surface area (Å²) in [5, 5.41) is 14.3. The minimum Gasteiger partial charge on any atom is -0.490 e. The van der Waals surface area contributed by atoms with Gasteiger partial charge >= 0.3 is 5.69 Å². The first-order valence-electron chi connectivity index (χ1n) is 9.07. The number of hydrogen-bond donors (Lipinski definition) is 1. The molecule has 8 heteroatoms. The van der Waals surface area contributed by atoms with Crippen molar-refractivity contribution in [2.45, 2.75) is 6.04 Å². The molecule has 1 amide bonds. The maximum Gasteiger partial charge on any atom is 0.311 e. The average Bonchev–Trinajstić information content (AvgIpc) is 2.74. The molecule has 1 atom stereocenters. The fourth-order valence-electron chi connectivity index (χ4n) is 3.18. The Labute approximate surface area is 163 Å². The third kappa shape index (κ3) is 4.85. The van der Waals surface area contributed by atoms with Crippen molar-refractivity contribution in [1.82, 2.24) is 10.2 Å². The molecule has 0 radical (unpaired) electrons. The van der Waals surface area contributed by atoms with E-state index >= 15 is 0 Å². The van der Waals surface area contributed by atoms with Gasteiger partial charge in [0, 0.05) is 31.3 Å². The number of amides is 1. The van der Waals surface area contributed by atoms with E-state index in [0.29, 0.717) is 19.8 Å². The molecule has 0 saturated carbocycles. The van der Waals surface area contributed by atoms with Crippen molar-refractivity contribution in [2.24, 2.45) is 0 Å². The summed E-state index contributed by atoms with van der Waals surface area (Å²) < 4.78 is 10.4. The fourth-order valence-corrected chi connectivity index (χ4v) is 3.18. The van der Waals surface area contributed by atoms with Crippen molar-refractivity contribution in [1.29, 1.82) is 0 Å². The number of morpholine rings is 1. The van der Waals surface area contributed by atoms with Crippen LogP contribution in [-0.2, 0) is 4.74 Å². The largest absolute Gasteiger partial charge is 0.490 e. The topological polar surface area (TPSA) is 93.9 Å². The molecule has 0 bridgehead atoms. The van der Waals surface area contributed by atoms with Crippen molar-refractivity contribution < 1.29 is 19.2 Å². The van der Waals surface area contributed by atoms with Gasteiger partial charge in [-0.25, -0.2) is 0 Å². The van der Waals surface area contributed by atoms with E-state index in [0.717, 1.165) is 18.7 Å². The van der Waals surface area contributed by atoms with E-state index in [1.54, 1.807) is 0 Å². The second-order valence-corrected chi connectivity index (χ2v) is 6.49. The maximum atomic E-state index is 12.8. The number of methoxy groups -OCH3 is 1. The first kappa shape index (κ1) is 19.8. The highest BCUT2D eigenvalue weighted by atomic mass is 16.6. The lowest BCUT2D eigenvalue weighted by molar-refractivity contribution is -0.385.